The summed E-state index contributed by atoms with van der Waals surface area (Å²) in [5, 5.41) is 12.5. The second-order valence-electron chi connectivity index (χ2n) is 10.1. The van der Waals surface area contributed by atoms with Gasteiger partial charge in [0.2, 0.25) is 0 Å². The van der Waals surface area contributed by atoms with Gasteiger partial charge in [0.15, 0.2) is 0 Å². The molecule has 4 unspecified atom stereocenters. The fourth-order valence-electron chi connectivity index (χ4n) is 5.43. The fourth-order valence-corrected chi connectivity index (χ4v) is 10.4. The second kappa shape index (κ2) is 9.63. The minimum atomic E-state index is -1.79. The Kier molecular flexibility index (Phi) is 10.4. The molecule has 1 saturated carbocycles. The van der Waals surface area contributed by atoms with E-state index in [9.17, 15) is 5.11 Å². The Balaban J connectivity index is 0. The molecule has 0 saturated heterocycles. The standard InChI is InChI=1S/C22H38OSi.2CH3.Ti/c1-13-11-18(22(6,7)8)20(23)19(12-13)24(9,10)21-16(4)14(2)15(3)17(21)5;;;/h11-12,14-17,21,23H,1-10H3;2*1H3;/q;2*-1;+3. The molecule has 1 radical (unpaired) electrons. The summed E-state index contributed by atoms with van der Waals surface area (Å²) >= 11 is 0. The summed E-state index contributed by atoms with van der Waals surface area (Å²) < 4.78 is 0. The maximum atomic E-state index is 11.2. The third-order valence-electron chi connectivity index (χ3n) is 7.21. The smallest absolute Gasteiger partial charge is 0.508 e. The van der Waals surface area contributed by atoms with Crippen LogP contribution in [-0.2, 0) is 27.1 Å². The molecular weight excluding hydrogens is 380 g/mol. The first-order valence-electron chi connectivity index (χ1n) is 9.64. The molecule has 0 bridgehead atoms. The van der Waals surface area contributed by atoms with E-state index < -0.39 is 8.07 Å². The van der Waals surface area contributed by atoms with Crippen LogP contribution in [0.3, 0.4) is 0 Å². The molecule has 1 aliphatic rings. The Morgan fingerprint density at radius 2 is 1.26 bits per heavy atom. The minimum Gasteiger partial charge on any atom is -0.508 e. The van der Waals surface area contributed by atoms with Crippen molar-refractivity contribution in [2.75, 3.05) is 0 Å². The van der Waals surface area contributed by atoms with Crippen LogP contribution < -0.4 is 5.19 Å². The summed E-state index contributed by atoms with van der Waals surface area (Å²) in [5.41, 5.74) is 3.09. The van der Waals surface area contributed by atoms with Crippen LogP contribution in [0.5, 0.6) is 5.75 Å². The van der Waals surface area contributed by atoms with Crippen LogP contribution in [-0.4, -0.2) is 13.2 Å². The average Bonchev–Trinajstić information content (AvgIpc) is 2.64. The molecule has 2 rings (SSSR count). The molecule has 0 amide bonds. The van der Waals surface area contributed by atoms with Gasteiger partial charge in [-0.3, -0.25) is 0 Å². The zero-order valence-electron chi connectivity index (χ0n) is 20.0. The van der Waals surface area contributed by atoms with Crippen LogP contribution in [0.2, 0.25) is 18.6 Å². The molecular formula is C24H44OSiTi+. The Bertz CT molecular complexity index is 604. The molecule has 1 aromatic carbocycles. The number of rotatable bonds is 2. The summed E-state index contributed by atoms with van der Waals surface area (Å²) in [7, 11) is -1.79. The third-order valence-corrected chi connectivity index (χ3v) is 11.7. The number of aryl methyl sites for hydroxylation is 1. The number of hydrogen-bond donors (Lipinski definition) is 1. The van der Waals surface area contributed by atoms with E-state index in [0.717, 1.165) is 34.8 Å². The topological polar surface area (TPSA) is 20.2 Å². The Morgan fingerprint density at radius 1 is 0.852 bits per heavy atom. The quantitative estimate of drug-likeness (QED) is 0.412. The molecule has 0 aliphatic heterocycles. The molecule has 0 heterocycles. The summed E-state index contributed by atoms with van der Waals surface area (Å²) in [6.45, 7) is 23.5. The predicted molar refractivity (Wildman–Crippen MR) is 122 cm³/mol. The first-order chi connectivity index (χ1) is 10.8. The van der Waals surface area contributed by atoms with Gasteiger partial charge in [0.25, 0.3) is 0 Å². The Morgan fingerprint density at radius 3 is 1.63 bits per heavy atom. The average molecular weight is 425 g/mol. The van der Waals surface area contributed by atoms with Crippen LogP contribution in [0.25, 0.3) is 0 Å². The number of aromatic hydroxyl groups is 1. The van der Waals surface area contributed by atoms with Crippen molar-refractivity contribution in [2.45, 2.75) is 79.4 Å². The fraction of sp³-hybridized carbons (Fsp3) is 0.667. The second-order valence-corrected chi connectivity index (χ2v) is 14.8. The zero-order valence-corrected chi connectivity index (χ0v) is 22.6. The normalized spacial score (nSPS) is 28.0. The SMILES string of the molecule is Cc1cc(C(C)(C)C)c(O)c([Si](C)(C)C2C(C)C(C)C(C)C2C)c1.[CH3-].[CH3-].[Ti+3]. The van der Waals surface area contributed by atoms with E-state index in [1.807, 2.05) is 0 Å². The molecule has 153 valence electrons. The van der Waals surface area contributed by atoms with Gasteiger partial charge >= 0.3 is 21.7 Å². The van der Waals surface area contributed by atoms with Gasteiger partial charge in [-0.15, -0.1) is 0 Å². The monoisotopic (exact) mass is 424 g/mol. The Hall–Kier alpha value is -0.0488. The van der Waals surface area contributed by atoms with Crippen LogP contribution in [0.1, 0.15) is 59.6 Å². The van der Waals surface area contributed by atoms with E-state index >= 15 is 0 Å². The van der Waals surface area contributed by atoms with E-state index in [1.165, 1.54) is 10.8 Å². The summed E-state index contributed by atoms with van der Waals surface area (Å²) in [6, 6.07) is 4.46. The number of hydrogen-bond acceptors (Lipinski definition) is 1. The molecule has 3 heteroatoms. The summed E-state index contributed by atoms with van der Waals surface area (Å²) in [5.74, 6) is 3.58. The van der Waals surface area contributed by atoms with Gasteiger partial charge in [-0.2, -0.15) is 0 Å². The van der Waals surface area contributed by atoms with Gasteiger partial charge in [-0.25, -0.2) is 0 Å². The first-order valence-corrected chi connectivity index (χ1v) is 12.7. The van der Waals surface area contributed by atoms with Gasteiger partial charge in [0.05, 0.1) is 8.07 Å². The van der Waals surface area contributed by atoms with E-state index in [1.54, 1.807) is 0 Å². The number of benzene rings is 1. The van der Waals surface area contributed by atoms with Crippen molar-refractivity contribution in [3.05, 3.63) is 38.1 Å². The van der Waals surface area contributed by atoms with Gasteiger partial charge in [-0.1, -0.05) is 79.3 Å². The van der Waals surface area contributed by atoms with Crippen LogP contribution >= 0.6 is 0 Å². The van der Waals surface area contributed by atoms with E-state index in [-0.39, 0.29) is 42.0 Å². The minimum absolute atomic E-state index is 0. The van der Waals surface area contributed by atoms with Gasteiger partial charge in [0, 0.05) is 0 Å². The summed E-state index contributed by atoms with van der Waals surface area (Å²) in [4.78, 5) is 0. The molecule has 1 aliphatic carbocycles. The van der Waals surface area contributed by atoms with Crippen LogP contribution in [0.15, 0.2) is 12.1 Å². The van der Waals surface area contributed by atoms with Crippen LogP contribution in [0, 0.1) is 45.4 Å². The van der Waals surface area contributed by atoms with Crippen molar-refractivity contribution in [3.63, 3.8) is 0 Å². The van der Waals surface area contributed by atoms with Gasteiger partial charge in [0.1, 0.15) is 5.75 Å². The van der Waals surface area contributed by atoms with E-state index in [2.05, 4.69) is 80.6 Å². The van der Waals surface area contributed by atoms with Crippen molar-refractivity contribution in [2.24, 2.45) is 23.7 Å². The molecule has 1 N–H and O–H groups in total. The first kappa shape index (κ1) is 29.2. The maximum Gasteiger partial charge on any atom is 3.00 e. The molecule has 1 fully saturated rings. The van der Waals surface area contributed by atoms with Crippen molar-refractivity contribution in [1.29, 1.82) is 0 Å². The number of phenolic OH excluding ortho intramolecular Hbond substituents is 1. The molecule has 4 atom stereocenters. The van der Waals surface area contributed by atoms with E-state index in [0.29, 0.717) is 5.75 Å². The molecule has 0 spiro atoms. The maximum absolute atomic E-state index is 11.2. The third kappa shape index (κ3) is 5.11. The van der Waals surface area contributed by atoms with Crippen molar-refractivity contribution < 1.29 is 26.8 Å². The zero-order chi connectivity index (χ0) is 18.6. The van der Waals surface area contributed by atoms with Crippen molar-refractivity contribution >= 4 is 13.3 Å². The van der Waals surface area contributed by atoms with Gasteiger partial charge < -0.3 is 20.0 Å². The largest absolute Gasteiger partial charge is 3.00 e. The van der Waals surface area contributed by atoms with Crippen LogP contribution in [0.4, 0.5) is 0 Å². The van der Waals surface area contributed by atoms with Crippen molar-refractivity contribution in [3.8, 4) is 5.75 Å². The Labute approximate surface area is 186 Å². The van der Waals surface area contributed by atoms with E-state index in [4.69, 9.17) is 0 Å². The molecule has 0 aromatic heterocycles. The summed E-state index contributed by atoms with van der Waals surface area (Å²) in [6.07, 6.45) is 0. The molecule has 27 heavy (non-hydrogen) atoms. The molecule has 1 nitrogen and oxygen atoms in total. The number of phenols is 1. The van der Waals surface area contributed by atoms with Crippen molar-refractivity contribution in [1.82, 2.24) is 0 Å². The predicted octanol–water partition coefficient (Wildman–Crippen LogP) is 6.74. The molecule has 1 aromatic rings. The van der Waals surface area contributed by atoms with Gasteiger partial charge in [-0.05, 0) is 52.3 Å².